The Bertz CT molecular complexity index is 166. The van der Waals surface area contributed by atoms with Crippen molar-refractivity contribution in [1.29, 1.82) is 0 Å². The molecular weight excluding hydrogens is 154 g/mol. The van der Waals surface area contributed by atoms with Crippen LogP contribution in [0.4, 0.5) is 0 Å². The molecule has 1 unspecified atom stereocenters. The van der Waals surface area contributed by atoms with Crippen molar-refractivity contribution >= 4 is 5.78 Å². The largest absolute Gasteiger partial charge is 0.383 e. The number of nitrogens with two attached hydrogens (primary N) is 1. The average molecular weight is 171 g/mol. The van der Waals surface area contributed by atoms with E-state index in [0.29, 0.717) is 13.0 Å². The first kappa shape index (κ1) is 11.3. The van der Waals surface area contributed by atoms with Crippen LogP contribution < -0.4 is 5.73 Å². The lowest BCUT2D eigenvalue weighted by molar-refractivity contribution is -0.121. The summed E-state index contributed by atoms with van der Waals surface area (Å²) in [5.74, 6) is 0.0415. The van der Waals surface area contributed by atoms with Gasteiger partial charge in [-0.3, -0.25) is 4.79 Å². The Morgan fingerprint density at radius 1 is 1.58 bits per heavy atom. The molecule has 0 saturated carbocycles. The molecule has 3 nitrogen and oxygen atoms in total. The van der Waals surface area contributed by atoms with Crippen molar-refractivity contribution in [3.8, 4) is 0 Å². The quantitative estimate of drug-likeness (QED) is 0.604. The van der Waals surface area contributed by atoms with Crippen molar-refractivity contribution in [2.24, 2.45) is 5.73 Å². The molecule has 0 aromatic carbocycles. The van der Waals surface area contributed by atoms with Crippen molar-refractivity contribution < 1.29 is 9.53 Å². The number of methoxy groups -OCH3 is 1. The Labute approximate surface area is 73.6 Å². The number of carbonyl (C=O) groups excluding carboxylic acids is 1. The highest BCUT2D eigenvalue weighted by Gasteiger charge is 2.11. The van der Waals surface area contributed by atoms with Gasteiger partial charge in [-0.1, -0.05) is 5.57 Å². The summed E-state index contributed by atoms with van der Waals surface area (Å²) in [6, 6.07) is -0.477. The fourth-order valence-electron chi connectivity index (χ4n) is 0.794. The van der Waals surface area contributed by atoms with E-state index in [-0.39, 0.29) is 5.78 Å². The maximum Gasteiger partial charge on any atom is 0.152 e. The normalized spacial score (nSPS) is 12.6. The summed E-state index contributed by atoms with van der Waals surface area (Å²) < 4.78 is 4.76. The molecule has 70 valence electrons. The van der Waals surface area contributed by atoms with Crippen LogP contribution in [0.1, 0.15) is 19.8 Å². The van der Waals surface area contributed by atoms with E-state index in [1.807, 2.05) is 6.92 Å². The molecule has 0 rings (SSSR count). The second-order valence-electron chi connectivity index (χ2n) is 2.99. The molecule has 0 aliphatic heterocycles. The predicted molar refractivity (Wildman–Crippen MR) is 48.9 cm³/mol. The minimum Gasteiger partial charge on any atom is -0.383 e. The second-order valence-corrected chi connectivity index (χ2v) is 2.99. The predicted octanol–water partition coefficient (Wildman–Crippen LogP) is 0.886. The highest BCUT2D eigenvalue weighted by molar-refractivity contribution is 5.84. The van der Waals surface area contributed by atoms with E-state index in [2.05, 4.69) is 6.58 Å². The van der Waals surface area contributed by atoms with Crippen LogP contribution in [-0.4, -0.2) is 25.5 Å². The average Bonchev–Trinajstić information content (AvgIpc) is 2.00. The molecule has 12 heavy (non-hydrogen) atoms. The Morgan fingerprint density at radius 2 is 2.17 bits per heavy atom. The molecule has 0 aliphatic rings. The first-order valence-electron chi connectivity index (χ1n) is 3.99. The summed E-state index contributed by atoms with van der Waals surface area (Å²) in [5, 5.41) is 0. The van der Waals surface area contributed by atoms with Crippen molar-refractivity contribution in [1.82, 2.24) is 0 Å². The summed E-state index contributed by atoms with van der Waals surface area (Å²) in [6.45, 7) is 5.91. The molecule has 0 fully saturated rings. The number of Topliss-reactive ketones (excluding diaryl/α,β-unsaturated/α-hetero) is 1. The van der Waals surface area contributed by atoms with Crippen molar-refractivity contribution in [3.05, 3.63) is 12.2 Å². The summed E-state index contributed by atoms with van der Waals surface area (Å²) in [4.78, 5) is 11.2. The topological polar surface area (TPSA) is 52.3 Å². The minimum absolute atomic E-state index is 0.0415. The van der Waals surface area contributed by atoms with Gasteiger partial charge in [-0.2, -0.15) is 0 Å². The van der Waals surface area contributed by atoms with Crippen LogP contribution in [0.25, 0.3) is 0 Å². The fraction of sp³-hybridized carbons (Fsp3) is 0.667. The zero-order valence-corrected chi connectivity index (χ0v) is 7.80. The van der Waals surface area contributed by atoms with E-state index in [9.17, 15) is 4.79 Å². The van der Waals surface area contributed by atoms with E-state index in [1.165, 1.54) is 7.11 Å². The molecule has 0 bridgehead atoms. The highest BCUT2D eigenvalue weighted by atomic mass is 16.5. The smallest absolute Gasteiger partial charge is 0.152 e. The van der Waals surface area contributed by atoms with Gasteiger partial charge in [0.25, 0.3) is 0 Å². The molecule has 2 N–H and O–H groups in total. The molecule has 0 saturated heterocycles. The van der Waals surface area contributed by atoms with Gasteiger partial charge in [0.05, 0.1) is 12.6 Å². The van der Waals surface area contributed by atoms with Crippen molar-refractivity contribution in [2.45, 2.75) is 25.8 Å². The number of carbonyl (C=O) groups is 1. The maximum absolute atomic E-state index is 11.2. The summed E-state index contributed by atoms with van der Waals surface area (Å²) in [5.41, 5.74) is 6.52. The van der Waals surface area contributed by atoms with Gasteiger partial charge in [0.2, 0.25) is 0 Å². The standard InChI is InChI=1S/C9H17NO2/c1-7(2)4-5-9(11)8(10)6-12-3/h8H,1,4-6,10H2,2-3H3. The van der Waals surface area contributed by atoms with Crippen LogP contribution >= 0.6 is 0 Å². The zero-order valence-electron chi connectivity index (χ0n) is 7.80. The number of hydrogen-bond donors (Lipinski definition) is 1. The molecule has 3 heteroatoms. The van der Waals surface area contributed by atoms with E-state index in [1.54, 1.807) is 0 Å². The van der Waals surface area contributed by atoms with Gasteiger partial charge < -0.3 is 10.5 Å². The number of ether oxygens (including phenoxy) is 1. The summed E-state index contributed by atoms with van der Waals surface area (Å²) in [7, 11) is 1.53. The summed E-state index contributed by atoms with van der Waals surface area (Å²) in [6.07, 6.45) is 1.19. The van der Waals surface area contributed by atoms with Crippen molar-refractivity contribution in [3.63, 3.8) is 0 Å². The Balaban J connectivity index is 3.64. The molecule has 1 atom stereocenters. The van der Waals surface area contributed by atoms with Crippen LogP contribution in [0, 0.1) is 0 Å². The fourth-order valence-corrected chi connectivity index (χ4v) is 0.794. The van der Waals surface area contributed by atoms with E-state index < -0.39 is 6.04 Å². The Hall–Kier alpha value is -0.670. The van der Waals surface area contributed by atoms with E-state index in [0.717, 1.165) is 12.0 Å². The second kappa shape index (κ2) is 5.91. The molecule has 0 amide bonds. The van der Waals surface area contributed by atoms with Crippen LogP contribution in [0.5, 0.6) is 0 Å². The van der Waals surface area contributed by atoms with Crippen molar-refractivity contribution in [2.75, 3.05) is 13.7 Å². The van der Waals surface area contributed by atoms with Gasteiger partial charge in [0.1, 0.15) is 0 Å². The third-order valence-corrected chi connectivity index (χ3v) is 1.56. The maximum atomic E-state index is 11.2. The van der Waals surface area contributed by atoms with E-state index in [4.69, 9.17) is 10.5 Å². The van der Waals surface area contributed by atoms with Crippen LogP contribution in [0.3, 0.4) is 0 Å². The van der Waals surface area contributed by atoms with Gasteiger partial charge in [0.15, 0.2) is 5.78 Å². The van der Waals surface area contributed by atoms with E-state index >= 15 is 0 Å². The molecule has 0 spiro atoms. The molecule has 0 aliphatic carbocycles. The third kappa shape index (κ3) is 5.04. The molecule has 0 radical (unpaired) electrons. The lowest BCUT2D eigenvalue weighted by Gasteiger charge is -2.08. The lowest BCUT2D eigenvalue weighted by atomic mass is 10.1. The van der Waals surface area contributed by atoms with Gasteiger partial charge in [-0.05, 0) is 13.3 Å². The summed E-state index contributed by atoms with van der Waals surface area (Å²) >= 11 is 0. The van der Waals surface area contributed by atoms with Gasteiger partial charge in [-0.25, -0.2) is 0 Å². The molecule has 0 aromatic rings. The molecule has 0 aromatic heterocycles. The zero-order chi connectivity index (χ0) is 9.56. The Kier molecular flexibility index (Phi) is 5.58. The van der Waals surface area contributed by atoms with Gasteiger partial charge in [0, 0.05) is 13.5 Å². The third-order valence-electron chi connectivity index (χ3n) is 1.56. The first-order chi connectivity index (χ1) is 5.57. The number of allylic oxidation sites excluding steroid dienone is 1. The number of hydrogen-bond acceptors (Lipinski definition) is 3. The SMILES string of the molecule is C=C(C)CCC(=O)C(N)COC. The molecular formula is C9H17NO2. The van der Waals surface area contributed by atoms with Gasteiger partial charge >= 0.3 is 0 Å². The number of rotatable bonds is 6. The van der Waals surface area contributed by atoms with Gasteiger partial charge in [-0.15, -0.1) is 6.58 Å². The van der Waals surface area contributed by atoms with Crippen LogP contribution in [0.2, 0.25) is 0 Å². The van der Waals surface area contributed by atoms with Crippen LogP contribution in [0.15, 0.2) is 12.2 Å². The Morgan fingerprint density at radius 3 is 2.58 bits per heavy atom. The monoisotopic (exact) mass is 171 g/mol. The molecule has 0 heterocycles. The van der Waals surface area contributed by atoms with Crippen LogP contribution in [-0.2, 0) is 9.53 Å². The first-order valence-corrected chi connectivity index (χ1v) is 3.99. The lowest BCUT2D eigenvalue weighted by Crippen LogP contribution is -2.34. The highest BCUT2D eigenvalue weighted by Crippen LogP contribution is 2.02. The minimum atomic E-state index is -0.477. The number of ketones is 1.